The molecule has 9 nitrogen and oxygen atoms in total. The number of aromatic nitrogens is 6. The van der Waals surface area contributed by atoms with Crippen LogP contribution in [-0.2, 0) is 13.1 Å². The number of anilines is 2. The van der Waals surface area contributed by atoms with Gasteiger partial charge in [-0.25, -0.2) is 19.9 Å². The second kappa shape index (κ2) is 12.9. The van der Waals surface area contributed by atoms with Crippen LogP contribution in [0.2, 0.25) is 0 Å². The van der Waals surface area contributed by atoms with Crippen LogP contribution in [0.25, 0.3) is 11.5 Å². The topological polar surface area (TPSA) is 109 Å². The maximum Gasteiger partial charge on any atom is 0.172 e. The third-order valence-electron chi connectivity index (χ3n) is 8.60. The molecule has 0 unspecified atom stereocenters. The summed E-state index contributed by atoms with van der Waals surface area (Å²) in [5.74, 6) is 4.26. The van der Waals surface area contributed by atoms with Crippen molar-refractivity contribution >= 4 is 35.2 Å². The number of imidazole rings is 1. The minimum atomic E-state index is 0.465. The van der Waals surface area contributed by atoms with Crippen LogP contribution in [0.4, 0.5) is 11.6 Å². The SMILES string of the molecule is CCCn1c(SCSc2nc(NC3CCCC3)c(C)c(=N)n2CCC)nc(NC2CCCC2)c2nc(C3CC3)nc1-2. The van der Waals surface area contributed by atoms with Gasteiger partial charge in [0.05, 0.1) is 5.08 Å². The van der Waals surface area contributed by atoms with Crippen LogP contribution in [0.1, 0.15) is 108 Å². The first kappa shape index (κ1) is 28.8. The summed E-state index contributed by atoms with van der Waals surface area (Å²) in [5.41, 5.74) is 2.45. The van der Waals surface area contributed by atoms with Crippen LogP contribution in [0.3, 0.4) is 0 Å². The average molecular weight is 596 g/mol. The molecule has 1 aromatic heterocycles. The van der Waals surface area contributed by atoms with Crippen LogP contribution in [0.15, 0.2) is 10.3 Å². The van der Waals surface area contributed by atoms with Crippen molar-refractivity contribution in [3.63, 3.8) is 0 Å². The van der Waals surface area contributed by atoms with Crippen LogP contribution in [0.5, 0.6) is 0 Å². The third-order valence-corrected chi connectivity index (χ3v) is 10.7. The molecule has 0 aromatic carbocycles. The number of hydrogen-bond acceptors (Lipinski definition) is 9. The lowest BCUT2D eigenvalue weighted by atomic mass is 10.2. The molecule has 6 rings (SSSR count). The monoisotopic (exact) mass is 595 g/mol. The smallest absolute Gasteiger partial charge is 0.172 e. The van der Waals surface area contributed by atoms with E-state index in [-0.39, 0.29) is 0 Å². The van der Waals surface area contributed by atoms with Gasteiger partial charge in [-0.1, -0.05) is 63.1 Å². The van der Waals surface area contributed by atoms with Gasteiger partial charge in [0, 0.05) is 36.7 Å². The number of hydrogen-bond donors (Lipinski definition) is 3. The molecule has 0 atom stereocenters. The molecule has 0 saturated heterocycles. The second-order valence-corrected chi connectivity index (χ2v) is 14.2. The second-order valence-electron chi connectivity index (χ2n) is 11.9. The van der Waals surface area contributed by atoms with Crippen molar-refractivity contribution in [2.45, 2.75) is 139 Å². The predicted molar refractivity (Wildman–Crippen MR) is 168 cm³/mol. The van der Waals surface area contributed by atoms with Gasteiger partial charge < -0.3 is 19.8 Å². The van der Waals surface area contributed by atoms with E-state index < -0.39 is 0 Å². The fourth-order valence-corrected chi connectivity index (χ4v) is 8.21. The quantitative estimate of drug-likeness (QED) is 0.110. The first-order chi connectivity index (χ1) is 20.1. The van der Waals surface area contributed by atoms with E-state index in [0.29, 0.717) is 23.5 Å². The molecule has 2 aliphatic heterocycles. The van der Waals surface area contributed by atoms with E-state index in [1.165, 1.54) is 64.2 Å². The highest BCUT2D eigenvalue weighted by molar-refractivity contribution is 8.15. The van der Waals surface area contributed by atoms with Gasteiger partial charge in [0.2, 0.25) is 0 Å². The molecule has 1 aromatic rings. The summed E-state index contributed by atoms with van der Waals surface area (Å²) in [7, 11) is 0. The summed E-state index contributed by atoms with van der Waals surface area (Å²) in [6.45, 7) is 8.08. The Morgan fingerprint density at radius 3 is 1.93 bits per heavy atom. The Kier molecular flexibility index (Phi) is 9.10. The standard InChI is InChI=1S/C30H45N9S2/c1-4-16-38-24(31)19(3)25(32-21-10-6-7-11-21)36-29(38)40-18-41-30-37-27(33-22-12-8-9-13-22)23-28(39(30)17-5-2)35-26(34-23)20-14-15-20/h20-22,31-33H,4-18H2,1-3H3. The molecule has 0 radical (unpaired) electrons. The molecule has 3 aliphatic carbocycles. The molecule has 3 N–H and O–H groups in total. The van der Waals surface area contributed by atoms with Crippen molar-refractivity contribution in [2.24, 2.45) is 0 Å². The maximum absolute atomic E-state index is 8.93. The van der Waals surface area contributed by atoms with Crippen LogP contribution in [0, 0.1) is 12.3 Å². The normalized spacial score (nSPS) is 18.1. The summed E-state index contributed by atoms with van der Waals surface area (Å²) in [4.78, 5) is 20.4. The summed E-state index contributed by atoms with van der Waals surface area (Å²) in [6.07, 6.45) is 14.2. The lowest BCUT2D eigenvalue weighted by Gasteiger charge is -2.21. The Bertz CT molecular complexity index is 1370. The van der Waals surface area contributed by atoms with Crippen molar-refractivity contribution in [3.05, 3.63) is 16.9 Å². The van der Waals surface area contributed by atoms with E-state index in [4.69, 9.17) is 25.3 Å². The molecule has 5 aliphatic rings. The molecule has 0 bridgehead atoms. The number of nitrogens with zero attached hydrogens (tertiary/aromatic N) is 6. The fourth-order valence-electron chi connectivity index (χ4n) is 6.15. The Balaban J connectivity index is 1.28. The Morgan fingerprint density at radius 1 is 0.756 bits per heavy atom. The summed E-state index contributed by atoms with van der Waals surface area (Å²) < 4.78 is 4.36. The molecule has 3 heterocycles. The van der Waals surface area contributed by atoms with Gasteiger partial charge in [-0.05, 0) is 58.3 Å². The van der Waals surface area contributed by atoms with E-state index in [9.17, 15) is 0 Å². The number of rotatable bonds is 13. The van der Waals surface area contributed by atoms with E-state index in [0.717, 1.165) is 75.9 Å². The van der Waals surface area contributed by atoms with E-state index in [1.807, 2.05) is 6.92 Å². The van der Waals surface area contributed by atoms with E-state index in [1.54, 1.807) is 23.5 Å². The minimum Gasteiger partial charge on any atom is -0.367 e. The zero-order valence-electron chi connectivity index (χ0n) is 24.8. The molecule has 0 amide bonds. The van der Waals surface area contributed by atoms with Crippen molar-refractivity contribution in [1.29, 1.82) is 5.41 Å². The predicted octanol–water partition coefficient (Wildman–Crippen LogP) is 7.01. The molecule has 0 spiro atoms. The highest BCUT2D eigenvalue weighted by atomic mass is 32.2. The van der Waals surface area contributed by atoms with Crippen LogP contribution >= 0.6 is 23.5 Å². The maximum atomic E-state index is 8.93. The Hall–Kier alpha value is -2.27. The molecule has 11 heteroatoms. The van der Waals surface area contributed by atoms with Gasteiger partial charge in [0.15, 0.2) is 27.6 Å². The van der Waals surface area contributed by atoms with Crippen molar-refractivity contribution in [2.75, 3.05) is 15.7 Å². The van der Waals surface area contributed by atoms with Gasteiger partial charge in [0.1, 0.15) is 17.1 Å². The Morgan fingerprint density at radius 2 is 1.32 bits per heavy atom. The summed E-state index contributed by atoms with van der Waals surface area (Å²) >= 11 is 3.46. The zero-order valence-corrected chi connectivity index (χ0v) is 26.5. The number of nitrogens with one attached hydrogen (secondary N) is 3. The van der Waals surface area contributed by atoms with Crippen molar-refractivity contribution < 1.29 is 0 Å². The van der Waals surface area contributed by atoms with E-state index in [2.05, 4.69) is 33.6 Å². The minimum absolute atomic E-state index is 0.465. The van der Waals surface area contributed by atoms with Crippen molar-refractivity contribution in [1.82, 2.24) is 29.1 Å². The first-order valence-corrected chi connectivity index (χ1v) is 17.8. The fraction of sp³-hybridized carbons (Fsp3) is 0.700. The van der Waals surface area contributed by atoms with Gasteiger partial charge in [-0.2, -0.15) is 0 Å². The highest BCUT2D eigenvalue weighted by Crippen LogP contribution is 2.42. The molecule has 222 valence electrons. The largest absolute Gasteiger partial charge is 0.367 e. The van der Waals surface area contributed by atoms with Gasteiger partial charge in [0.25, 0.3) is 0 Å². The molecule has 41 heavy (non-hydrogen) atoms. The summed E-state index contributed by atoms with van der Waals surface area (Å²) in [6, 6.07) is 0.933. The zero-order chi connectivity index (χ0) is 28.3. The third kappa shape index (κ3) is 6.40. The molecule has 3 fully saturated rings. The molecular formula is C30H45N9S2. The lowest BCUT2D eigenvalue weighted by Crippen LogP contribution is -2.28. The average Bonchev–Trinajstić information content (AvgIpc) is 3.33. The number of thioether (sulfide) groups is 2. The first-order valence-electron chi connectivity index (χ1n) is 15.8. The number of fused-ring (bicyclic) bond motifs is 1. The van der Waals surface area contributed by atoms with Gasteiger partial charge >= 0.3 is 0 Å². The van der Waals surface area contributed by atoms with Gasteiger partial charge in [-0.15, -0.1) is 0 Å². The van der Waals surface area contributed by atoms with Crippen molar-refractivity contribution in [3.8, 4) is 11.5 Å². The van der Waals surface area contributed by atoms with Gasteiger partial charge in [-0.3, -0.25) is 5.41 Å². The lowest BCUT2D eigenvalue weighted by molar-refractivity contribution is 0.557. The van der Waals surface area contributed by atoms with E-state index >= 15 is 0 Å². The summed E-state index contributed by atoms with van der Waals surface area (Å²) in [5, 5.41) is 19.0. The molecular weight excluding hydrogens is 551 g/mol. The highest BCUT2D eigenvalue weighted by Gasteiger charge is 2.32. The Labute approximate surface area is 252 Å². The molecule has 3 saturated carbocycles. The van der Waals surface area contributed by atoms with Crippen LogP contribution in [-0.4, -0.2) is 46.2 Å². The van der Waals surface area contributed by atoms with Crippen LogP contribution < -0.4 is 16.1 Å².